The molecule has 1 fully saturated rings. The lowest BCUT2D eigenvalue weighted by Crippen LogP contribution is -2.41. The lowest BCUT2D eigenvalue weighted by atomic mass is 9.96. The monoisotopic (exact) mass is 331 g/mol. The highest BCUT2D eigenvalue weighted by atomic mass is 32.1. The molecule has 0 bridgehead atoms. The summed E-state index contributed by atoms with van der Waals surface area (Å²) >= 11 is 1.40. The van der Waals surface area contributed by atoms with Gasteiger partial charge in [-0.1, -0.05) is 41.7 Å². The van der Waals surface area contributed by atoms with Crippen LogP contribution in [0, 0.1) is 5.92 Å². The van der Waals surface area contributed by atoms with E-state index in [1.807, 2.05) is 18.2 Å². The summed E-state index contributed by atoms with van der Waals surface area (Å²) in [4.78, 5) is 14.4. The van der Waals surface area contributed by atoms with Crippen molar-refractivity contribution in [2.24, 2.45) is 5.92 Å². The van der Waals surface area contributed by atoms with E-state index in [0.29, 0.717) is 11.7 Å². The Hall–Kier alpha value is -2.15. The summed E-state index contributed by atoms with van der Waals surface area (Å²) in [5, 5.41) is 12.3. The normalized spacial score (nSPS) is 15.6. The molecule has 3 N–H and O–H groups in total. The third-order valence-electron chi connectivity index (χ3n) is 4.12. The van der Waals surface area contributed by atoms with Gasteiger partial charge in [0.2, 0.25) is 16.2 Å². The fourth-order valence-electron chi connectivity index (χ4n) is 2.81. The van der Waals surface area contributed by atoms with E-state index in [1.165, 1.54) is 16.9 Å². The van der Waals surface area contributed by atoms with Crippen LogP contribution in [0.1, 0.15) is 18.4 Å². The molecule has 0 unspecified atom stereocenters. The number of nitrogens with zero attached hydrogens (tertiary/aromatic N) is 3. The highest BCUT2D eigenvalue weighted by Crippen LogP contribution is 2.26. The molecular formula is C16H21N5OS. The van der Waals surface area contributed by atoms with Crippen molar-refractivity contribution in [2.75, 3.05) is 30.3 Å². The maximum atomic E-state index is 12.3. The molecule has 1 aromatic carbocycles. The van der Waals surface area contributed by atoms with Crippen LogP contribution in [0.25, 0.3) is 0 Å². The van der Waals surface area contributed by atoms with Gasteiger partial charge in [-0.2, -0.15) is 0 Å². The van der Waals surface area contributed by atoms with Gasteiger partial charge >= 0.3 is 0 Å². The van der Waals surface area contributed by atoms with Gasteiger partial charge in [-0.15, -0.1) is 10.2 Å². The Bertz CT molecular complexity index is 637. The van der Waals surface area contributed by atoms with Gasteiger partial charge in [-0.05, 0) is 24.8 Å². The number of carbonyl (C=O) groups excluding carboxylic acids is 1. The van der Waals surface area contributed by atoms with Gasteiger partial charge in [0, 0.05) is 25.6 Å². The van der Waals surface area contributed by atoms with Crippen molar-refractivity contribution < 1.29 is 4.79 Å². The van der Waals surface area contributed by atoms with Crippen molar-refractivity contribution in [3.8, 4) is 0 Å². The Morgan fingerprint density at radius 2 is 2.00 bits per heavy atom. The lowest BCUT2D eigenvalue weighted by Gasteiger charge is -2.30. The van der Waals surface area contributed by atoms with E-state index in [4.69, 9.17) is 5.73 Å². The summed E-state index contributed by atoms with van der Waals surface area (Å²) < 4.78 is 0. The number of carbonyl (C=O) groups is 1. The molecule has 1 aliphatic rings. The average molecular weight is 331 g/mol. The number of amides is 1. The van der Waals surface area contributed by atoms with Gasteiger partial charge in [0.1, 0.15) is 0 Å². The standard InChI is InChI=1S/C16H21N5OS/c17-15-19-20-16(23-15)21-10-7-13(8-11-21)14(22)18-9-6-12-4-2-1-3-5-12/h1-5,13H,6-11H2,(H2,17,19)(H,18,22). The molecule has 0 aliphatic carbocycles. The van der Waals surface area contributed by atoms with Gasteiger partial charge in [-0.25, -0.2) is 0 Å². The largest absolute Gasteiger partial charge is 0.374 e. The highest BCUT2D eigenvalue weighted by molar-refractivity contribution is 7.18. The summed E-state index contributed by atoms with van der Waals surface area (Å²) in [5.41, 5.74) is 6.86. The van der Waals surface area contributed by atoms with Gasteiger partial charge in [0.25, 0.3) is 0 Å². The van der Waals surface area contributed by atoms with Crippen LogP contribution in [0.5, 0.6) is 0 Å². The van der Waals surface area contributed by atoms with Crippen LogP contribution in [0.2, 0.25) is 0 Å². The molecule has 2 aromatic rings. The first-order valence-corrected chi connectivity index (χ1v) is 8.69. The van der Waals surface area contributed by atoms with Crippen LogP contribution < -0.4 is 16.0 Å². The van der Waals surface area contributed by atoms with Crippen LogP contribution in [-0.2, 0) is 11.2 Å². The molecule has 2 heterocycles. The van der Waals surface area contributed by atoms with Crippen molar-refractivity contribution in [3.63, 3.8) is 0 Å². The zero-order valence-electron chi connectivity index (χ0n) is 12.9. The Kier molecular flexibility index (Phi) is 5.07. The number of piperidine rings is 1. The quantitative estimate of drug-likeness (QED) is 0.871. The van der Waals surface area contributed by atoms with E-state index in [0.717, 1.165) is 37.5 Å². The fraction of sp³-hybridized carbons (Fsp3) is 0.438. The van der Waals surface area contributed by atoms with E-state index in [-0.39, 0.29) is 11.8 Å². The number of anilines is 2. The maximum Gasteiger partial charge on any atom is 0.223 e. The van der Waals surface area contributed by atoms with E-state index < -0.39 is 0 Å². The first-order chi connectivity index (χ1) is 11.2. The lowest BCUT2D eigenvalue weighted by molar-refractivity contribution is -0.125. The molecule has 1 amide bonds. The minimum Gasteiger partial charge on any atom is -0.374 e. The molecule has 7 heteroatoms. The summed E-state index contributed by atoms with van der Waals surface area (Å²) in [6.07, 6.45) is 2.56. The van der Waals surface area contributed by atoms with Crippen molar-refractivity contribution in [1.29, 1.82) is 0 Å². The van der Waals surface area contributed by atoms with Crippen molar-refractivity contribution in [1.82, 2.24) is 15.5 Å². The van der Waals surface area contributed by atoms with Crippen LogP contribution in [0.4, 0.5) is 10.3 Å². The van der Waals surface area contributed by atoms with Crippen LogP contribution in [0.3, 0.4) is 0 Å². The Balaban J connectivity index is 1.41. The van der Waals surface area contributed by atoms with Crippen LogP contribution in [0.15, 0.2) is 30.3 Å². The number of hydrogen-bond acceptors (Lipinski definition) is 6. The third-order valence-corrected chi connectivity index (χ3v) is 4.94. The van der Waals surface area contributed by atoms with E-state index in [2.05, 4.69) is 32.5 Å². The Morgan fingerprint density at radius 3 is 2.65 bits per heavy atom. The van der Waals surface area contributed by atoms with Crippen LogP contribution >= 0.6 is 11.3 Å². The third kappa shape index (κ3) is 4.19. The minimum atomic E-state index is 0.0901. The maximum absolute atomic E-state index is 12.3. The second-order valence-electron chi connectivity index (χ2n) is 5.71. The first-order valence-electron chi connectivity index (χ1n) is 7.88. The minimum absolute atomic E-state index is 0.0901. The molecule has 122 valence electrons. The number of nitrogens with one attached hydrogen (secondary N) is 1. The number of benzene rings is 1. The van der Waals surface area contributed by atoms with E-state index in [9.17, 15) is 4.79 Å². The number of rotatable bonds is 5. The highest BCUT2D eigenvalue weighted by Gasteiger charge is 2.26. The summed E-state index contributed by atoms with van der Waals surface area (Å²) in [6.45, 7) is 2.34. The Morgan fingerprint density at radius 1 is 1.26 bits per heavy atom. The van der Waals surface area contributed by atoms with Crippen molar-refractivity contribution >= 4 is 27.5 Å². The van der Waals surface area contributed by atoms with E-state index >= 15 is 0 Å². The molecule has 0 spiro atoms. The number of aromatic nitrogens is 2. The number of nitrogen functional groups attached to an aromatic ring is 1. The number of hydrogen-bond donors (Lipinski definition) is 2. The molecule has 1 aromatic heterocycles. The van der Waals surface area contributed by atoms with Crippen molar-refractivity contribution in [2.45, 2.75) is 19.3 Å². The van der Waals surface area contributed by atoms with Gasteiger partial charge < -0.3 is 16.0 Å². The molecule has 1 aliphatic heterocycles. The number of nitrogens with two attached hydrogens (primary N) is 1. The Labute approximate surface area is 139 Å². The SMILES string of the molecule is Nc1nnc(N2CCC(C(=O)NCCc3ccccc3)CC2)s1. The molecular weight excluding hydrogens is 310 g/mol. The molecule has 0 saturated carbocycles. The second-order valence-corrected chi connectivity index (χ2v) is 6.70. The summed E-state index contributed by atoms with van der Waals surface area (Å²) in [5.74, 6) is 0.254. The molecule has 1 saturated heterocycles. The van der Waals surface area contributed by atoms with E-state index in [1.54, 1.807) is 0 Å². The van der Waals surface area contributed by atoms with Crippen LogP contribution in [-0.4, -0.2) is 35.7 Å². The molecule has 0 radical (unpaired) electrons. The molecule has 23 heavy (non-hydrogen) atoms. The van der Waals surface area contributed by atoms with Gasteiger partial charge in [0.15, 0.2) is 0 Å². The predicted octanol–water partition coefficient (Wildman–Crippen LogP) is 1.70. The average Bonchev–Trinajstić information content (AvgIpc) is 3.02. The predicted molar refractivity (Wildman–Crippen MR) is 92.4 cm³/mol. The topological polar surface area (TPSA) is 84.1 Å². The second kappa shape index (κ2) is 7.41. The smallest absolute Gasteiger partial charge is 0.223 e. The molecule has 0 atom stereocenters. The first kappa shape index (κ1) is 15.7. The summed E-state index contributed by atoms with van der Waals surface area (Å²) in [6, 6.07) is 10.2. The summed E-state index contributed by atoms with van der Waals surface area (Å²) in [7, 11) is 0. The molecule has 3 rings (SSSR count). The van der Waals surface area contributed by atoms with Crippen molar-refractivity contribution in [3.05, 3.63) is 35.9 Å². The molecule has 6 nitrogen and oxygen atoms in total. The van der Waals surface area contributed by atoms with Gasteiger partial charge in [0.05, 0.1) is 0 Å². The zero-order chi connectivity index (χ0) is 16.1. The van der Waals surface area contributed by atoms with Gasteiger partial charge in [-0.3, -0.25) is 4.79 Å². The zero-order valence-corrected chi connectivity index (χ0v) is 13.8. The fourth-order valence-corrected chi connectivity index (χ4v) is 3.47.